The summed E-state index contributed by atoms with van der Waals surface area (Å²) in [5.41, 5.74) is 0. The number of nitrogens with zero attached hydrogens (tertiary/aromatic N) is 4. The topological polar surface area (TPSA) is 80.9 Å². The largest absolute Gasteiger partial charge is 0.480 e. The Bertz CT molecular complexity index is 710. The van der Waals surface area contributed by atoms with Gasteiger partial charge < -0.3 is 23.8 Å². The minimum atomic E-state index is -0.0181. The smallest absolute Gasteiger partial charge is 0.264 e. The van der Waals surface area contributed by atoms with Gasteiger partial charge in [-0.1, -0.05) is 17.3 Å². The molecule has 0 aliphatic carbocycles. The third-order valence-corrected chi connectivity index (χ3v) is 3.98. The first kappa shape index (κ1) is 17.2. The highest BCUT2D eigenvalue weighted by atomic mass is 16.5. The van der Waals surface area contributed by atoms with E-state index in [4.69, 9.17) is 14.0 Å². The second-order valence-corrected chi connectivity index (χ2v) is 5.94. The molecule has 1 aliphatic rings. The number of amides is 1. The van der Waals surface area contributed by atoms with Gasteiger partial charge in [0.25, 0.3) is 11.8 Å². The number of aromatic nitrogens is 2. The first-order chi connectivity index (χ1) is 12.1. The van der Waals surface area contributed by atoms with Crippen LogP contribution in [0.5, 0.6) is 11.5 Å². The number of hydrogen-bond acceptors (Lipinski definition) is 7. The number of aryl methyl sites for hydroxylation is 1. The van der Waals surface area contributed by atoms with Crippen LogP contribution in [0.4, 0.5) is 0 Å². The van der Waals surface area contributed by atoms with Crippen molar-refractivity contribution in [1.29, 1.82) is 0 Å². The fourth-order valence-corrected chi connectivity index (χ4v) is 2.51. The molecule has 25 heavy (non-hydrogen) atoms. The van der Waals surface area contributed by atoms with Gasteiger partial charge in [-0.05, 0) is 26.1 Å². The molecule has 0 bridgehead atoms. The van der Waals surface area contributed by atoms with E-state index < -0.39 is 0 Å². The van der Waals surface area contributed by atoms with Crippen molar-refractivity contribution in [3.05, 3.63) is 36.0 Å². The molecule has 8 nitrogen and oxygen atoms in total. The minimum Gasteiger partial charge on any atom is -0.480 e. The van der Waals surface area contributed by atoms with Crippen LogP contribution in [0.1, 0.15) is 11.7 Å². The summed E-state index contributed by atoms with van der Waals surface area (Å²) in [5.74, 6) is 1.97. The first-order valence-electron chi connectivity index (χ1n) is 8.22. The molecule has 1 amide bonds. The second-order valence-electron chi connectivity index (χ2n) is 5.94. The summed E-state index contributed by atoms with van der Waals surface area (Å²) in [5, 5.41) is 3.72. The zero-order chi connectivity index (χ0) is 17.6. The van der Waals surface area contributed by atoms with Crippen molar-refractivity contribution < 1.29 is 18.8 Å². The Hall–Kier alpha value is -2.61. The molecule has 0 radical (unpaired) electrons. The molecule has 8 heteroatoms. The van der Waals surface area contributed by atoms with Crippen LogP contribution in [0.15, 0.2) is 28.8 Å². The molecule has 3 rings (SSSR count). The molecule has 1 aliphatic heterocycles. The van der Waals surface area contributed by atoms with Crippen LogP contribution < -0.4 is 9.47 Å². The van der Waals surface area contributed by atoms with Crippen molar-refractivity contribution in [2.75, 3.05) is 39.8 Å². The maximum absolute atomic E-state index is 12.3. The van der Waals surface area contributed by atoms with E-state index in [0.29, 0.717) is 23.2 Å². The van der Waals surface area contributed by atoms with Crippen molar-refractivity contribution in [1.82, 2.24) is 19.9 Å². The van der Waals surface area contributed by atoms with E-state index in [0.717, 1.165) is 26.2 Å². The summed E-state index contributed by atoms with van der Waals surface area (Å²) >= 11 is 0. The molecule has 1 fully saturated rings. The van der Waals surface area contributed by atoms with Crippen LogP contribution in [0.25, 0.3) is 0 Å². The van der Waals surface area contributed by atoms with Gasteiger partial charge in [0.2, 0.25) is 0 Å². The summed E-state index contributed by atoms with van der Waals surface area (Å²) in [4.78, 5) is 20.4. The Morgan fingerprint density at radius 1 is 1.16 bits per heavy atom. The third kappa shape index (κ3) is 4.69. The monoisotopic (exact) mass is 346 g/mol. The SMILES string of the molecule is Cc1noc(COc2ccccc2OCC(=O)N2CCN(C)CC2)n1. The Balaban J connectivity index is 1.54. The fraction of sp³-hybridized carbons (Fsp3) is 0.471. The predicted octanol–water partition coefficient (Wildman–Crippen LogP) is 1.11. The number of para-hydroxylation sites is 2. The number of rotatable bonds is 6. The zero-order valence-corrected chi connectivity index (χ0v) is 14.5. The maximum atomic E-state index is 12.3. The molecule has 0 unspecified atom stereocenters. The lowest BCUT2D eigenvalue weighted by molar-refractivity contribution is -0.134. The highest BCUT2D eigenvalue weighted by molar-refractivity contribution is 5.78. The summed E-state index contributed by atoms with van der Waals surface area (Å²) in [6.45, 7) is 5.11. The van der Waals surface area contributed by atoms with Gasteiger partial charge in [0.15, 0.2) is 30.5 Å². The lowest BCUT2D eigenvalue weighted by Crippen LogP contribution is -2.48. The molecule has 0 N–H and O–H groups in total. The lowest BCUT2D eigenvalue weighted by atomic mass is 10.3. The summed E-state index contributed by atoms with van der Waals surface area (Å²) in [6.07, 6.45) is 0. The maximum Gasteiger partial charge on any atom is 0.264 e. The molecular weight excluding hydrogens is 324 g/mol. The van der Waals surface area contributed by atoms with Crippen molar-refractivity contribution in [3.8, 4) is 11.5 Å². The molecular formula is C17H22N4O4. The lowest BCUT2D eigenvalue weighted by Gasteiger charge is -2.32. The Morgan fingerprint density at radius 2 is 1.84 bits per heavy atom. The highest BCUT2D eigenvalue weighted by Crippen LogP contribution is 2.27. The van der Waals surface area contributed by atoms with Crippen LogP contribution in [0.2, 0.25) is 0 Å². The van der Waals surface area contributed by atoms with Gasteiger partial charge in [-0.15, -0.1) is 0 Å². The molecule has 134 valence electrons. The number of likely N-dealkylation sites (N-methyl/N-ethyl adjacent to an activating group) is 1. The standard InChI is InChI=1S/C17H22N4O4/c1-13-18-16(25-19-13)11-23-14-5-3-4-6-15(14)24-12-17(22)21-9-7-20(2)8-10-21/h3-6H,7-12H2,1-2H3. The molecule has 1 aromatic carbocycles. The zero-order valence-electron chi connectivity index (χ0n) is 14.5. The first-order valence-corrected chi connectivity index (χ1v) is 8.22. The van der Waals surface area contributed by atoms with Gasteiger partial charge in [0, 0.05) is 26.2 Å². The summed E-state index contributed by atoms with van der Waals surface area (Å²) in [7, 11) is 2.05. The highest BCUT2D eigenvalue weighted by Gasteiger charge is 2.19. The molecule has 2 heterocycles. The summed E-state index contributed by atoms with van der Waals surface area (Å²) < 4.78 is 16.4. The summed E-state index contributed by atoms with van der Waals surface area (Å²) in [6, 6.07) is 7.22. The molecule has 1 aromatic heterocycles. The van der Waals surface area contributed by atoms with Crippen LogP contribution in [-0.2, 0) is 11.4 Å². The van der Waals surface area contributed by atoms with Crippen molar-refractivity contribution in [2.45, 2.75) is 13.5 Å². The van der Waals surface area contributed by atoms with Crippen LogP contribution in [-0.4, -0.2) is 65.7 Å². The van der Waals surface area contributed by atoms with Crippen LogP contribution in [0.3, 0.4) is 0 Å². The van der Waals surface area contributed by atoms with Gasteiger partial charge in [-0.3, -0.25) is 4.79 Å². The number of benzene rings is 1. The Morgan fingerprint density at radius 3 is 2.48 bits per heavy atom. The van der Waals surface area contributed by atoms with Gasteiger partial charge >= 0.3 is 0 Å². The quantitative estimate of drug-likeness (QED) is 0.775. The van der Waals surface area contributed by atoms with Crippen LogP contribution in [0, 0.1) is 6.92 Å². The van der Waals surface area contributed by atoms with Crippen molar-refractivity contribution >= 4 is 5.91 Å². The number of ether oxygens (including phenoxy) is 2. The molecule has 2 aromatic rings. The number of piperazine rings is 1. The Kier molecular flexibility index (Phi) is 5.49. The molecule has 1 saturated heterocycles. The minimum absolute atomic E-state index is 0.0102. The van der Waals surface area contributed by atoms with Crippen LogP contribution >= 0.6 is 0 Å². The Labute approximate surface area is 146 Å². The third-order valence-electron chi connectivity index (χ3n) is 3.98. The fourth-order valence-electron chi connectivity index (χ4n) is 2.51. The molecule has 0 atom stereocenters. The van der Waals surface area contributed by atoms with Gasteiger partial charge in [-0.25, -0.2) is 0 Å². The van der Waals surface area contributed by atoms with E-state index in [1.165, 1.54) is 0 Å². The van der Waals surface area contributed by atoms with Gasteiger partial charge in [-0.2, -0.15) is 4.98 Å². The second kappa shape index (κ2) is 7.98. The number of carbonyl (C=O) groups is 1. The average molecular weight is 346 g/mol. The van der Waals surface area contributed by atoms with E-state index in [2.05, 4.69) is 22.1 Å². The average Bonchev–Trinajstić information content (AvgIpc) is 3.04. The van der Waals surface area contributed by atoms with E-state index in [1.807, 2.05) is 17.0 Å². The van der Waals surface area contributed by atoms with E-state index in [9.17, 15) is 4.79 Å². The predicted molar refractivity (Wildman–Crippen MR) is 89.4 cm³/mol. The molecule has 0 saturated carbocycles. The number of hydrogen-bond donors (Lipinski definition) is 0. The van der Waals surface area contributed by atoms with Crippen molar-refractivity contribution in [2.24, 2.45) is 0 Å². The van der Waals surface area contributed by atoms with Gasteiger partial charge in [0.05, 0.1) is 0 Å². The number of carbonyl (C=O) groups excluding carboxylic acids is 1. The van der Waals surface area contributed by atoms with E-state index in [1.54, 1.807) is 19.1 Å². The van der Waals surface area contributed by atoms with E-state index in [-0.39, 0.29) is 19.1 Å². The molecule has 0 spiro atoms. The normalized spacial score (nSPS) is 15.2. The van der Waals surface area contributed by atoms with E-state index >= 15 is 0 Å². The van der Waals surface area contributed by atoms with Gasteiger partial charge in [0.1, 0.15) is 0 Å². The van der Waals surface area contributed by atoms with Crippen molar-refractivity contribution in [3.63, 3.8) is 0 Å².